The van der Waals surface area contributed by atoms with Crippen molar-refractivity contribution < 1.29 is 14.6 Å². The molecule has 75 valence electrons. The summed E-state index contributed by atoms with van der Waals surface area (Å²) in [4.78, 5) is 20.2. The molecule has 1 aliphatic heterocycles. The van der Waals surface area contributed by atoms with E-state index in [4.69, 9.17) is 9.78 Å². The molecule has 0 aromatic carbocycles. The van der Waals surface area contributed by atoms with E-state index in [9.17, 15) is 4.79 Å². The van der Waals surface area contributed by atoms with Crippen LogP contribution in [0.15, 0.2) is 0 Å². The van der Waals surface area contributed by atoms with Crippen LogP contribution in [0.3, 0.4) is 0 Å². The van der Waals surface area contributed by atoms with Crippen LogP contribution in [0.5, 0.6) is 0 Å². The van der Waals surface area contributed by atoms with Crippen LogP contribution < -0.4 is 0 Å². The summed E-state index contributed by atoms with van der Waals surface area (Å²) in [6, 6.07) is 0. The molecule has 0 spiro atoms. The lowest BCUT2D eigenvalue weighted by molar-refractivity contribution is -0.310. The average molecular weight is 185 g/mol. The maximum absolute atomic E-state index is 10.4. The lowest BCUT2D eigenvalue weighted by Gasteiger charge is -2.08. The second-order valence-electron chi connectivity index (χ2n) is 3.43. The van der Waals surface area contributed by atoms with Crippen molar-refractivity contribution >= 4 is 6.29 Å². The van der Waals surface area contributed by atoms with Crippen LogP contribution >= 0.6 is 0 Å². The molecule has 1 radical (unpaired) electrons. The Hall–Kier alpha value is -0.410. The summed E-state index contributed by atoms with van der Waals surface area (Å²) in [5, 5.41) is 0. The van der Waals surface area contributed by atoms with Crippen LogP contribution in [0.25, 0.3) is 0 Å². The monoisotopic (exact) mass is 185 g/mol. The topological polar surface area (TPSA) is 35.5 Å². The summed E-state index contributed by atoms with van der Waals surface area (Å²) in [7, 11) is 0. The Bertz CT molecular complexity index is 124. The molecule has 3 heteroatoms. The van der Waals surface area contributed by atoms with Crippen LogP contribution in [-0.4, -0.2) is 19.0 Å². The fourth-order valence-corrected chi connectivity index (χ4v) is 1.45. The Morgan fingerprint density at radius 2 is 1.69 bits per heavy atom. The van der Waals surface area contributed by atoms with Gasteiger partial charge in [0.15, 0.2) is 6.10 Å². The molecule has 1 atom stereocenters. The Labute approximate surface area is 79.3 Å². The third-order valence-electron chi connectivity index (χ3n) is 2.26. The van der Waals surface area contributed by atoms with Crippen LogP contribution in [0.4, 0.5) is 0 Å². The zero-order valence-electron chi connectivity index (χ0n) is 7.96. The molecule has 0 aromatic rings. The quantitative estimate of drug-likeness (QED) is 0.587. The maximum atomic E-state index is 10.4. The van der Waals surface area contributed by atoms with E-state index in [1.54, 1.807) is 0 Å². The van der Waals surface area contributed by atoms with Crippen LogP contribution in [0.1, 0.15) is 44.9 Å². The van der Waals surface area contributed by atoms with Crippen LogP contribution in [0, 0.1) is 0 Å². The molecule has 0 aliphatic carbocycles. The molecule has 1 saturated heterocycles. The molecule has 3 nitrogen and oxygen atoms in total. The largest absolute Gasteiger partial charge is 0.288 e. The lowest BCUT2D eigenvalue weighted by Crippen LogP contribution is -2.15. The van der Waals surface area contributed by atoms with E-state index in [2.05, 4.69) is 0 Å². The minimum absolute atomic E-state index is 0.474. The van der Waals surface area contributed by atoms with Crippen molar-refractivity contribution in [3.8, 4) is 0 Å². The van der Waals surface area contributed by atoms with Gasteiger partial charge in [-0.3, -0.25) is 4.79 Å². The summed E-state index contributed by atoms with van der Waals surface area (Å²) in [5.41, 5.74) is 0. The first kappa shape index (κ1) is 10.7. The highest BCUT2D eigenvalue weighted by atomic mass is 17.2. The van der Waals surface area contributed by atoms with Crippen LogP contribution in [0.2, 0.25) is 0 Å². The van der Waals surface area contributed by atoms with Gasteiger partial charge < -0.3 is 0 Å². The number of hydrogen-bond acceptors (Lipinski definition) is 3. The SMILES string of the molecule is O=[C]C1CCCCCCCCOO1. The Balaban J connectivity index is 2.22. The summed E-state index contributed by atoms with van der Waals surface area (Å²) in [6.45, 7) is 0.595. The molecule has 1 fully saturated rings. The predicted molar refractivity (Wildman–Crippen MR) is 48.8 cm³/mol. The fraction of sp³-hybridized carbons (Fsp3) is 0.900. The third-order valence-corrected chi connectivity index (χ3v) is 2.26. The molecular weight excluding hydrogens is 168 g/mol. The first-order valence-corrected chi connectivity index (χ1v) is 5.09. The number of carbonyl (C=O) groups excluding carboxylic acids is 1. The highest BCUT2D eigenvalue weighted by Crippen LogP contribution is 2.11. The smallest absolute Gasteiger partial charge is 0.233 e. The van der Waals surface area contributed by atoms with E-state index in [0.717, 1.165) is 19.3 Å². The van der Waals surface area contributed by atoms with Gasteiger partial charge in [0.1, 0.15) is 0 Å². The maximum Gasteiger partial charge on any atom is 0.233 e. The molecule has 0 amide bonds. The van der Waals surface area contributed by atoms with E-state index in [1.807, 2.05) is 6.29 Å². The molecule has 0 saturated carbocycles. The van der Waals surface area contributed by atoms with Gasteiger partial charge in [0.05, 0.1) is 6.61 Å². The first-order chi connectivity index (χ1) is 6.43. The highest BCUT2D eigenvalue weighted by Gasteiger charge is 2.10. The van der Waals surface area contributed by atoms with Gasteiger partial charge in [0.2, 0.25) is 6.29 Å². The van der Waals surface area contributed by atoms with Gasteiger partial charge in [-0.05, 0) is 12.8 Å². The molecule has 1 rings (SSSR count). The molecule has 1 heterocycles. The van der Waals surface area contributed by atoms with E-state index in [0.29, 0.717) is 6.61 Å². The molecule has 13 heavy (non-hydrogen) atoms. The van der Waals surface area contributed by atoms with Crippen molar-refractivity contribution in [3.05, 3.63) is 0 Å². The van der Waals surface area contributed by atoms with Gasteiger partial charge in [0, 0.05) is 0 Å². The zero-order chi connectivity index (χ0) is 9.36. The van der Waals surface area contributed by atoms with E-state index >= 15 is 0 Å². The van der Waals surface area contributed by atoms with Crippen molar-refractivity contribution in [3.63, 3.8) is 0 Å². The first-order valence-electron chi connectivity index (χ1n) is 5.09. The van der Waals surface area contributed by atoms with Gasteiger partial charge in [-0.2, -0.15) is 0 Å². The van der Waals surface area contributed by atoms with Crippen molar-refractivity contribution in [2.75, 3.05) is 6.61 Å². The molecule has 0 aromatic heterocycles. The fourth-order valence-electron chi connectivity index (χ4n) is 1.45. The minimum atomic E-state index is -0.474. The highest BCUT2D eigenvalue weighted by molar-refractivity contribution is 5.56. The Kier molecular flexibility index (Phi) is 5.78. The summed E-state index contributed by atoms with van der Waals surface area (Å²) < 4.78 is 0. The van der Waals surface area contributed by atoms with Gasteiger partial charge in [-0.1, -0.05) is 32.1 Å². The lowest BCUT2D eigenvalue weighted by atomic mass is 10.1. The molecule has 0 N–H and O–H groups in total. The molecule has 0 bridgehead atoms. The van der Waals surface area contributed by atoms with Gasteiger partial charge in [-0.15, -0.1) is 0 Å². The Morgan fingerprint density at radius 1 is 1.00 bits per heavy atom. The Morgan fingerprint density at radius 3 is 2.46 bits per heavy atom. The molecule has 1 aliphatic rings. The van der Waals surface area contributed by atoms with Crippen molar-refractivity contribution in [2.45, 2.75) is 51.0 Å². The normalized spacial score (nSPS) is 27.5. The second-order valence-corrected chi connectivity index (χ2v) is 3.43. The zero-order valence-corrected chi connectivity index (χ0v) is 7.96. The summed E-state index contributed by atoms with van der Waals surface area (Å²) in [6.07, 6.45) is 9.05. The average Bonchev–Trinajstić information content (AvgIpc) is 2.22. The summed E-state index contributed by atoms with van der Waals surface area (Å²) >= 11 is 0. The number of hydrogen-bond donors (Lipinski definition) is 0. The third kappa shape index (κ3) is 5.01. The minimum Gasteiger partial charge on any atom is -0.288 e. The number of rotatable bonds is 1. The predicted octanol–water partition coefficient (Wildman–Crippen LogP) is 2.16. The second kappa shape index (κ2) is 7.04. The van der Waals surface area contributed by atoms with E-state index in [-0.39, 0.29) is 0 Å². The molecule has 1 unspecified atom stereocenters. The molecular formula is C10H17O3. The van der Waals surface area contributed by atoms with E-state index in [1.165, 1.54) is 25.7 Å². The van der Waals surface area contributed by atoms with Gasteiger partial charge in [0.25, 0.3) is 0 Å². The standard InChI is InChI=1S/C10H17O3/c11-9-10-7-5-3-1-2-4-6-8-12-13-10/h10H,1-8H2. The summed E-state index contributed by atoms with van der Waals surface area (Å²) in [5.74, 6) is 0. The van der Waals surface area contributed by atoms with Gasteiger partial charge >= 0.3 is 0 Å². The van der Waals surface area contributed by atoms with Crippen LogP contribution in [-0.2, 0) is 14.6 Å². The van der Waals surface area contributed by atoms with Crippen molar-refractivity contribution in [1.82, 2.24) is 0 Å². The van der Waals surface area contributed by atoms with Gasteiger partial charge in [-0.25, -0.2) is 9.78 Å². The van der Waals surface area contributed by atoms with E-state index < -0.39 is 6.10 Å². The van der Waals surface area contributed by atoms with Crippen molar-refractivity contribution in [1.29, 1.82) is 0 Å². The van der Waals surface area contributed by atoms with Crippen molar-refractivity contribution in [2.24, 2.45) is 0 Å².